The van der Waals surface area contributed by atoms with E-state index in [1.54, 1.807) is 0 Å². The highest BCUT2D eigenvalue weighted by Gasteiger charge is 2.27. The van der Waals surface area contributed by atoms with Crippen LogP contribution < -0.4 is 4.90 Å². The lowest BCUT2D eigenvalue weighted by Crippen LogP contribution is -2.47. The molecule has 1 aromatic heterocycles. The third kappa shape index (κ3) is 3.15. The summed E-state index contributed by atoms with van der Waals surface area (Å²) in [5.41, 5.74) is 0. The Morgan fingerprint density at radius 1 is 0.900 bits per heavy atom. The van der Waals surface area contributed by atoms with Crippen LogP contribution in [0.25, 0.3) is 0 Å². The van der Waals surface area contributed by atoms with Crippen molar-refractivity contribution in [1.82, 2.24) is 20.1 Å². The fourth-order valence-electron chi connectivity index (χ4n) is 3.21. The maximum absolute atomic E-state index is 6.07. The minimum absolute atomic E-state index is 0.155. The number of nitrogens with zero attached hydrogens (tertiary/aromatic N) is 5. The van der Waals surface area contributed by atoms with Crippen molar-refractivity contribution in [3.63, 3.8) is 0 Å². The second-order valence-electron chi connectivity index (χ2n) is 5.51. The number of halogens is 2. The SMILES string of the molecule is Clc1nnc(Cl)c(N2CCC(N3CCCCC3)CC2)n1. The molecule has 20 heavy (non-hydrogen) atoms. The maximum Gasteiger partial charge on any atom is 0.245 e. The van der Waals surface area contributed by atoms with E-state index in [1.165, 1.54) is 32.4 Å². The van der Waals surface area contributed by atoms with Crippen LogP contribution in [-0.2, 0) is 0 Å². The predicted octanol–water partition coefficient (Wildman–Crippen LogP) is 2.63. The van der Waals surface area contributed by atoms with Gasteiger partial charge in [0, 0.05) is 19.1 Å². The van der Waals surface area contributed by atoms with Gasteiger partial charge in [-0.05, 0) is 50.4 Å². The molecule has 2 saturated heterocycles. The maximum atomic E-state index is 6.07. The van der Waals surface area contributed by atoms with Crippen LogP contribution in [0.1, 0.15) is 32.1 Å². The number of likely N-dealkylation sites (tertiary alicyclic amines) is 1. The summed E-state index contributed by atoms with van der Waals surface area (Å²) in [7, 11) is 0. The molecular weight excluding hydrogens is 297 g/mol. The predicted molar refractivity (Wildman–Crippen MR) is 80.5 cm³/mol. The summed E-state index contributed by atoms with van der Waals surface area (Å²) in [6, 6.07) is 0.704. The third-order valence-electron chi connectivity index (χ3n) is 4.27. The summed E-state index contributed by atoms with van der Waals surface area (Å²) in [6.07, 6.45) is 6.38. The highest BCUT2D eigenvalue weighted by atomic mass is 35.5. The number of hydrogen-bond acceptors (Lipinski definition) is 5. The van der Waals surface area contributed by atoms with Gasteiger partial charge in [0.05, 0.1) is 0 Å². The highest BCUT2D eigenvalue weighted by molar-refractivity contribution is 6.32. The van der Waals surface area contributed by atoms with E-state index in [4.69, 9.17) is 23.2 Å². The molecule has 0 atom stereocenters. The van der Waals surface area contributed by atoms with Crippen molar-refractivity contribution in [2.45, 2.75) is 38.1 Å². The molecule has 0 spiro atoms. The first kappa shape index (κ1) is 14.3. The van der Waals surface area contributed by atoms with Crippen molar-refractivity contribution in [2.24, 2.45) is 0 Å². The Morgan fingerprint density at radius 3 is 2.30 bits per heavy atom. The van der Waals surface area contributed by atoms with Crippen molar-refractivity contribution in [2.75, 3.05) is 31.1 Å². The first-order valence-electron chi connectivity index (χ1n) is 7.29. The highest BCUT2D eigenvalue weighted by Crippen LogP contribution is 2.27. The van der Waals surface area contributed by atoms with Crippen LogP contribution in [0, 0.1) is 0 Å². The van der Waals surface area contributed by atoms with Gasteiger partial charge in [-0.15, -0.1) is 10.2 Å². The van der Waals surface area contributed by atoms with Crippen LogP contribution >= 0.6 is 23.2 Å². The van der Waals surface area contributed by atoms with Gasteiger partial charge in [0.1, 0.15) is 0 Å². The quantitative estimate of drug-likeness (QED) is 0.839. The molecule has 3 rings (SSSR count). The van der Waals surface area contributed by atoms with Crippen LogP contribution in [0.2, 0.25) is 10.4 Å². The molecule has 0 saturated carbocycles. The van der Waals surface area contributed by atoms with Crippen molar-refractivity contribution < 1.29 is 0 Å². The molecule has 2 fully saturated rings. The first-order chi connectivity index (χ1) is 9.74. The summed E-state index contributed by atoms with van der Waals surface area (Å²) in [6.45, 7) is 4.42. The minimum atomic E-state index is 0.155. The van der Waals surface area contributed by atoms with Crippen molar-refractivity contribution in [1.29, 1.82) is 0 Å². The average Bonchev–Trinajstić information content (AvgIpc) is 2.51. The lowest BCUT2D eigenvalue weighted by atomic mass is 10.00. The molecule has 5 nitrogen and oxygen atoms in total. The van der Waals surface area contributed by atoms with E-state index < -0.39 is 0 Å². The molecule has 0 bridgehead atoms. The van der Waals surface area contributed by atoms with Gasteiger partial charge in [0.15, 0.2) is 11.0 Å². The van der Waals surface area contributed by atoms with Gasteiger partial charge in [-0.1, -0.05) is 18.0 Å². The van der Waals surface area contributed by atoms with Gasteiger partial charge in [-0.25, -0.2) is 0 Å². The van der Waals surface area contributed by atoms with E-state index in [0.29, 0.717) is 17.0 Å². The van der Waals surface area contributed by atoms with Crippen molar-refractivity contribution >= 4 is 29.0 Å². The molecule has 1 aromatic rings. The minimum Gasteiger partial charge on any atom is -0.354 e. The van der Waals surface area contributed by atoms with Gasteiger partial charge < -0.3 is 9.80 Å². The second-order valence-corrected chi connectivity index (χ2v) is 6.21. The van der Waals surface area contributed by atoms with Gasteiger partial charge in [-0.3, -0.25) is 0 Å². The Labute approximate surface area is 129 Å². The second kappa shape index (κ2) is 6.41. The fraction of sp³-hybridized carbons (Fsp3) is 0.769. The van der Waals surface area contributed by atoms with E-state index >= 15 is 0 Å². The van der Waals surface area contributed by atoms with Crippen LogP contribution in [0.5, 0.6) is 0 Å². The summed E-state index contributed by atoms with van der Waals surface area (Å²) in [4.78, 5) is 9.02. The number of hydrogen-bond donors (Lipinski definition) is 0. The summed E-state index contributed by atoms with van der Waals surface area (Å²) in [5, 5.41) is 7.99. The van der Waals surface area contributed by atoms with E-state index in [-0.39, 0.29) is 5.28 Å². The summed E-state index contributed by atoms with van der Waals surface area (Å²) < 4.78 is 0. The van der Waals surface area contributed by atoms with Crippen molar-refractivity contribution in [3.8, 4) is 0 Å². The molecule has 2 aliphatic rings. The Hall–Kier alpha value is -0.650. The smallest absolute Gasteiger partial charge is 0.245 e. The molecule has 7 heteroatoms. The molecule has 110 valence electrons. The largest absolute Gasteiger partial charge is 0.354 e. The molecule has 0 unspecified atom stereocenters. The van der Waals surface area contributed by atoms with E-state index in [0.717, 1.165) is 25.9 Å². The molecule has 0 aromatic carbocycles. The lowest BCUT2D eigenvalue weighted by molar-refractivity contribution is 0.141. The van der Waals surface area contributed by atoms with Crippen molar-refractivity contribution in [3.05, 3.63) is 10.4 Å². The monoisotopic (exact) mass is 315 g/mol. The Kier molecular flexibility index (Phi) is 4.58. The zero-order valence-electron chi connectivity index (χ0n) is 11.4. The first-order valence-corrected chi connectivity index (χ1v) is 8.04. The topological polar surface area (TPSA) is 45.2 Å². The van der Waals surface area contributed by atoms with E-state index in [9.17, 15) is 0 Å². The van der Waals surface area contributed by atoms with Crippen LogP contribution in [0.3, 0.4) is 0 Å². The summed E-state index contributed by atoms with van der Waals surface area (Å²) >= 11 is 11.9. The third-order valence-corrected chi connectivity index (χ3v) is 4.68. The van der Waals surface area contributed by atoms with Gasteiger partial charge in [-0.2, -0.15) is 4.98 Å². The van der Waals surface area contributed by atoms with Crippen LogP contribution in [0.15, 0.2) is 0 Å². The molecule has 0 aliphatic carbocycles. The number of piperidine rings is 2. The molecule has 0 amide bonds. The fourth-order valence-corrected chi connectivity index (χ4v) is 3.53. The van der Waals surface area contributed by atoms with Gasteiger partial charge in [0.25, 0.3) is 0 Å². The number of anilines is 1. The standard InChI is InChI=1S/C13H19Cl2N5/c14-11-12(16-13(15)18-17-11)20-8-4-10(5-9-20)19-6-2-1-3-7-19/h10H,1-9H2. The Balaban J connectivity index is 1.61. The van der Waals surface area contributed by atoms with E-state index in [1.807, 2.05) is 0 Å². The molecule has 3 heterocycles. The number of rotatable bonds is 2. The lowest BCUT2D eigenvalue weighted by Gasteiger charge is -2.40. The number of aromatic nitrogens is 3. The molecule has 0 radical (unpaired) electrons. The molecule has 2 aliphatic heterocycles. The van der Waals surface area contributed by atoms with Crippen LogP contribution in [-0.4, -0.2) is 52.3 Å². The van der Waals surface area contributed by atoms with E-state index in [2.05, 4.69) is 25.0 Å². The van der Waals surface area contributed by atoms with Gasteiger partial charge in [0.2, 0.25) is 5.28 Å². The van der Waals surface area contributed by atoms with Gasteiger partial charge >= 0.3 is 0 Å². The Bertz CT molecular complexity index is 456. The average molecular weight is 316 g/mol. The summed E-state index contributed by atoms with van der Waals surface area (Å²) in [5.74, 6) is 0.670. The zero-order chi connectivity index (χ0) is 13.9. The molecule has 0 N–H and O–H groups in total. The normalized spacial score (nSPS) is 22.2. The zero-order valence-corrected chi connectivity index (χ0v) is 12.9. The van der Waals surface area contributed by atoms with Crippen LogP contribution in [0.4, 0.5) is 5.82 Å². The molecular formula is C13H19Cl2N5. The Morgan fingerprint density at radius 2 is 1.60 bits per heavy atom.